The molecular formula is C31H42N2O11. The Kier molecular flexibility index (Phi) is 11.8. The molecule has 0 aliphatic rings. The highest BCUT2D eigenvalue weighted by atomic mass is 16.6. The van der Waals surface area contributed by atoms with Crippen molar-refractivity contribution in [3.05, 3.63) is 41.5 Å². The van der Waals surface area contributed by atoms with Crippen molar-refractivity contribution in [2.75, 3.05) is 35.5 Å². The monoisotopic (exact) mass is 618 g/mol. The van der Waals surface area contributed by atoms with Crippen LogP contribution in [0.3, 0.4) is 0 Å². The second kappa shape index (κ2) is 14.7. The van der Waals surface area contributed by atoms with Crippen molar-refractivity contribution >= 4 is 24.1 Å². The molecule has 0 bridgehead atoms. The summed E-state index contributed by atoms with van der Waals surface area (Å²) in [6, 6.07) is 5.10. The minimum absolute atomic E-state index is 0.198. The Balaban J connectivity index is 2.88. The number of nitrogens with one attached hydrogen (secondary N) is 2. The number of ether oxygens (including phenoxy) is 7. The second-order valence-corrected chi connectivity index (χ2v) is 11.5. The standard InChI is InChI=1S/C31H42N2O11/c1-30(2,3)43-28(36)32-24(26(34)41-10)17-12-13-21(39-8)19(14-17)23-20(15-18(38-7)16-22(23)40-9)25(27(35)42-11)33-29(37)44-31(4,5)6/h12-16,24-25H,1-11H3,(H,32,36)(H,33,37)/t24-,25-/m0/s1. The number of benzene rings is 2. The quantitative estimate of drug-likeness (QED) is 0.277. The average Bonchev–Trinajstić information content (AvgIpc) is 2.94. The molecule has 0 radical (unpaired) electrons. The van der Waals surface area contributed by atoms with E-state index in [0.29, 0.717) is 22.6 Å². The van der Waals surface area contributed by atoms with E-state index in [2.05, 4.69) is 10.6 Å². The van der Waals surface area contributed by atoms with Gasteiger partial charge in [-0.05, 0) is 65.3 Å². The topological polar surface area (TPSA) is 157 Å². The van der Waals surface area contributed by atoms with Gasteiger partial charge >= 0.3 is 24.1 Å². The lowest BCUT2D eigenvalue weighted by molar-refractivity contribution is -0.144. The summed E-state index contributed by atoms with van der Waals surface area (Å²) >= 11 is 0. The smallest absolute Gasteiger partial charge is 0.408 e. The highest BCUT2D eigenvalue weighted by molar-refractivity contribution is 5.90. The van der Waals surface area contributed by atoms with Crippen LogP contribution in [0.5, 0.6) is 17.2 Å². The Morgan fingerprint density at radius 2 is 1.14 bits per heavy atom. The average molecular weight is 619 g/mol. The van der Waals surface area contributed by atoms with Gasteiger partial charge in [-0.2, -0.15) is 0 Å². The minimum atomic E-state index is -1.40. The largest absolute Gasteiger partial charge is 0.497 e. The Bertz CT molecular complexity index is 1360. The number of hydrogen-bond acceptors (Lipinski definition) is 11. The normalized spacial score (nSPS) is 12.6. The molecule has 0 heterocycles. The first-order valence-electron chi connectivity index (χ1n) is 13.6. The predicted molar refractivity (Wildman–Crippen MR) is 160 cm³/mol. The van der Waals surface area contributed by atoms with E-state index in [4.69, 9.17) is 33.2 Å². The molecular weight excluding hydrogens is 576 g/mol. The molecule has 0 spiro atoms. The van der Waals surface area contributed by atoms with Crippen LogP contribution >= 0.6 is 0 Å². The van der Waals surface area contributed by atoms with E-state index in [0.717, 1.165) is 0 Å². The van der Waals surface area contributed by atoms with E-state index in [1.165, 1.54) is 41.6 Å². The third-order valence-electron chi connectivity index (χ3n) is 5.89. The maximum atomic E-state index is 13.2. The Hall–Kier alpha value is -4.68. The van der Waals surface area contributed by atoms with Crippen LogP contribution in [-0.2, 0) is 28.5 Å². The third kappa shape index (κ3) is 9.41. The molecule has 2 aromatic carbocycles. The van der Waals surface area contributed by atoms with Crippen LogP contribution in [0.25, 0.3) is 11.1 Å². The van der Waals surface area contributed by atoms with E-state index in [-0.39, 0.29) is 16.9 Å². The van der Waals surface area contributed by atoms with E-state index in [9.17, 15) is 19.2 Å². The predicted octanol–water partition coefficient (Wildman–Crippen LogP) is 4.86. The molecule has 2 atom stereocenters. The van der Waals surface area contributed by atoms with Gasteiger partial charge in [0.1, 0.15) is 28.5 Å². The van der Waals surface area contributed by atoms with Gasteiger partial charge in [0.25, 0.3) is 0 Å². The summed E-state index contributed by atoms with van der Waals surface area (Å²) in [7, 11) is 6.63. The molecule has 2 aromatic rings. The first-order valence-corrected chi connectivity index (χ1v) is 13.6. The summed E-state index contributed by atoms with van der Waals surface area (Å²) in [6.07, 6.45) is -1.73. The first-order chi connectivity index (χ1) is 20.5. The minimum Gasteiger partial charge on any atom is -0.497 e. The molecule has 0 saturated carbocycles. The van der Waals surface area contributed by atoms with E-state index >= 15 is 0 Å². The fraction of sp³-hybridized carbons (Fsp3) is 0.484. The summed E-state index contributed by atoms with van der Waals surface area (Å²) in [4.78, 5) is 51.6. The zero-order valence-corrected chi connectivity index (χ0v) is 27.0. The van der Waals surface area contributed by atoms with Gasteiger partial charge in [-0.1, -0.05) is 6.07 Å². The van der Waals surface area contributed by atoms with Gasteiger partial charge in [-0.15, -0.1) is 0 Å². The Morgan fingerprint density at radius 3 is 1.59 bits per heavy atom. The number of carbonyl (C=O) groups is 4. The van der Waals surface area contributed by atoms with E-state index < -0.39 is 47.4 Å². The van der Waals surface area contributed by atoms with E-state index in [1.54, 1.807) is 65.8 Å². The van der Waals surface area contributed by atoms with Crippen molar-refractivity contribution in [2.45, 2.75) is 64.8 Å². The molecule has 0 saturated heterocycles. The van der Waals surface area contributed by atoms with Crippen LogP contribution in [0.2, 0.25) is 0 Å². The third-order valence-corrected chi connectivity index (χ3v) is 5.89. The molecule has 0 fully saturated rings. The number of rotatable bonds is 10. The van der Waals surface area contributed by atoms with Crippen molar-refractivity contribution < 1.29 is 52.3 Å². The van der Waals surface area contributed by atoms with Gasteiger partial charge < -0.3 is 43.8 Å². The zero-order chi connectivity index (χ0) is 33.4. The molecule has 13 heteroatoms. The van der Waals surface area contributed by atoms with Crippen molar-refractivity contribution in [1.82, 2.24) is 10.6 Å². The number of carbonyl (C=O) groups excluding carboxylic acids is 4. The first kappa shape index (κ1) is 35.5. The number of esters is 2. The van der Waals surface area contributed by atoms with Crippen molar-refractivity contribution in [2.24, 2.45) is 0 Å². The van der Waals surface area contributed by atoms with Crippen LogP contribution in [0.1, 0.15) is 64.8 Å². The van der Waals surface area contributed by atoms with Crippen LogP contribution in [0, 0.1) is 0 Å². The summed E-state index contributed by atoms with van der Waals surface area (Å²) < 4.78 is 37.6. The lowest BCUT2D eigenvalue weighted by Crippen LogP contribution is -2.39. The van der Waals surface area contributed by atoms with Crippen molar-refractivity contribution in [1.29, 1.82) is 0 Å². The number of hydrogen-bond donors (Lipinski definition) is 2. The van der Waals surface area contributed by atoms with Gasteiger partial charge in [-0.25, -0.2) is 19.2 Å². The fourth-order valence-corrected chi connectivity index (χ4v) is 4.13. The highest BCUT2D eigenvalue weighted by Gasteiger charge is 2.33. The lowest BCUT2D eigenvalue weighted by atomic mass is 9.90. The van der Waals surface area contributed by atoms with Gasteiger partial charge in [0.05, 0.1) is 35.5 Å². The second-order valence-electron chi connectivity index (χ2n) is 11.5. The number of amides is 2. The van der Waals surface area contributed by atoms with E-state index in [1.807, 2.05) is 0 Å². The van der Waals surface area contributed by atoms with Crippen LogP contribution in [0.15, 0.2) is 30.3 Å². The van der Waals surface area contributed by atoms with Gasteiger partial charge in [0, 0.05) is 22.8 Å². The fourth-order valence-electron chi connectivity index (χ4n) is 4.13. The van der Waals surface area contributed by atoms with Crippen molar-refractivity contribution in [3.63, 3.8) is 0 Å². The summed E-state index contributed by atoms with van der Waals surface area (Å²) in [5, 5.41) is 5.11. The molecule has 13 nitrogen and oxygen atoms in total. The lowest BCUT2D eigenvalue weighted by Gasteiger charge is -2.26. The molecule has 44 heavy (non-hydrogen) atoms. The number of alkyl carbamates (subject to hydrolysis) is 2. The molecule has 0 aliphatic carbocycles. The molecule has 2 N–H and O–H groups in total. The molecule has 0 aromatic heterocycles. The van der Waals surface area contributed by atoms with Crippen LogP contribution < -0.4 is 24.8 Å². The van der Waals surface area contributed by atoms with Crippen LogP contribution in [0.4, 0.5) is 9.59 Å². The zero-order valence-electron chi connectivity index (χ0n) is 27.0. The number of methoxy groups -OCH3 is 5. The Morgan fingerprint density at radius 1 is 0.636 bits per heavy atom. The van der Waals surface area contributed by atoms with Crippen LogP contribution in [-0.4, -0.2) is 70.9 Å². The summed E-state index contributed by atoms with van der Waals surface area (Å²) in [5.41, 5.74) is -0.577. The van der Waals surface area contributed by atoms with Crippen molar-refractivity contribution in [3.8, 4) is 28.4 Å². The highest BCUT2D eigenvalue weighted by Crippen LogP contribution is 2.45. The molecule has 0 unspecified atom stereocenters. The maximum absolute atomic E-state index is 13.2. The van der Waals surface area contributed by atoms with Gasteiger partial charge in [0.15, 0.2) is 12.1 Å². The maximum Gasteiger partial charge on any atom is 0.408 e. The molecule has 242 valence electrons. The summed E-state index contributed by atoms with van der Waals surface area (Å²) in [6.45, 7) is 10.1. The molecule has 2 rings (SSSR count). The summed E-state index contributed by atoms with van der Waals surface area (Å²) in [5.74, 6) is -0.756. The van der Waals surface area contributed by atoms with Gasteiger partial charge in [-0.3, -0.25) is 0 Å². The Labute approximate surface area is 257 Å². The molecule has 0 aliphatic heterocycles. The SMILES string of the molecule is COC(=O)[C@@H](NC(=O)OC(C)(C)C)c1ccc(OC)c(-c2c(OC)cc(OC)cc2[C@H](NC(=O)OC(C)(C)C)C(=O)OC)c1. The molecule has 2 amide bonds. The van der Waals surface area contributed by atoms with Gasteiger partial charge in [0.2, 0.25) is 0 Å².